The first-order valence-corrected chi connectivity index (χ1v) is 13.8. The van der Waals surface area contributed by atoms with Gasteiger partial charge in [-0.05, 0) is 48.6 Å². The molecule has 3 rings (SSSR count). The van der Waals surface area contributed by atoms with Gasteiger partial charge >= 0.3 is 0 Å². The Hall–Kier alpha value is -2.95. The van der Waals surface area contributed by atoms with Gasteiger partial charge in [-0.25, -0.2) is 0 Å². The van der Waals surface area contributed by atoms with E-state index in [0.29, 0.717) is 28.2 Å². The van der Waals surface area contributed by atoms with Crippen molar-refractivity contribution in [1.82, 2.24) is 0 Å². The molecule has 0 saturated heterocycles. The average Bonchev–Trinajstić information content (AvgIpc) is 2.65. The molecule has 0 heterocycles. The molecule has 0 aliphatic heterocycles. The zero-order valence-corrected chi connectivity index (χ0v) is 20.3. The van der Waals surface area contributed by atoms with Gasteiger partial charge in [0, 0.05) is 5.39 Å². The van der Waals surface area contributed by atoms with Crippen LogP contribution in [0.25, 0.3) is 10.8 Å². The number of hydrogen-bond donors (Lipinski definition) is 4. The second kappa shape index (κ2) is 9.73. The van der Waals surface area contributed by atoms with E-state index >= 15 is 0 Å². The number of fused-ring (bicyclic) bond motifs is 1. The Morgan fingerprint density at radius 1 is 0.765 bits per heavy atom. The van der Waals surface area contributed by atoms with Gasteiger partial charge in [0.2, 0.25) is 0 Å². The smallest absolute Gasteiger partial charge is 0.296 e. The average molecular weight is 533 g/mol. The molecule has 0 unspecified atom stereocenters. The van der Waals surface area contributed by atoms with Gasteiger partial charge in [-0.1, -0.05) is 24.3 Å². The number of azo groups is 1. The fraction of sp³-hybridized carbons (Fsp3) is 0.158. The highest BCUT2D eigenvalue weighted by Gasteiger charge is 2.23. The lowest BCUT2D eigenvalue weighted by Gasteiger charge is -2.10. The Bertz CT molecular complexity index is 1600. The van der Waals surface area contributed by atoms with Crippen molar-refractivity contribution in [3.05, 3.63) is 53.6 Å². The standard InChI is InChI=1S/C18H16N2O7S2.CH4O3S/c1-10-6-7-13(14(8-10)28(22,23)24)19-20-17-15(29(25,26)27)9-12-5-3-4-11(2)16(12)18(17)21;1-5(2,3)4/h3-9,21H,1-2H3,(H,22,23,24)(H,25,26,27);1H3,(H,2,3,4). The van der Waals surface area contributed by atoms with Crippen LogP contribution in [0.15, 0.2) is 62.5 Å². The molecule has 0 atom stereocenters. The predicted molar refractivity (Wildman–Crippen MR) is 123 cm³/mol. The Morgan fingerprint density at radius 3 is 1.85 bits per heavy atom. The monoisotopic (exact) mass is 532 g/mol. The molecule has 0 aliphatic carbocycles. The zero-order valence-electron chi connectivity index (χ0n) is 17.9. The summed E-state index contributed by atoms with van der Waals surface area (Å²) in [6.45, 7) is 3.29. The maximum atomic E-state index is 11.8. The molecule has 34 heavy (non-hydrogen) atoms. The summed E-state index contributed by atoms with van der Waals surface area (Å²) >= 11 is 0. The number of phenolic OH excluding ortho intramolecular Hbond substituents is 1. The second-order valence-corrected chi connectivity index (χ2v) is 11.3. The van der Waals surface area contributed by atoms with E-state index in [1.54, 1.807) is 32.0 Å². The van der Waals surface area contributed by atoms with E-state index in [0.717, 1.165) is 12.1 Å². The first-order chi connectivity index (χ1) is 15.4. The molecule has 12 nitrogen and oxygen atoms in total. The van der Waals surface area contributed by atoms with E-state index in [-0.39, 0.29) is 5.69 Å². The summed E-state index contributed by atoms with van der Waals surface area (Å²) in [5.41, 5.74) is 0.312. The third-order valence-electron chi connectivity index (χ3n) is 4.21. The van der Waals surface area contributed by atoms with Gasteiger partial charge in [0.1, 0.15) is 21.2 Å². The van der Waals surface area contributed by atoms with Crippen LogP contribution >= 0.6 is 0 Å². The number of benzene rings is 3. The minimum Gasteiger partial charge on any atom is -0.505 e. The molecule has 4 N–H and O–H groups in total. The van der Waals surface area contributed by atoms with Crippen LogP contribution in [0.2, 0.25) is 0 Å². The summed E-state index contributed by atoms with van der Waals surface area (Å²) in [6, 6.07) is 9.95. The fourth-order valence-corrected chi connectivity index (χ4v) is 4.25. The van der Waals surface area contributed by atoms with Crippen LogP contribution in [-0.4, -0.2) is 50.3 Å². The molecule has 0 amide bonds. The summed E-state index contributed by atoms with van der Waals surface area (Å²) in [5, 5.41) is 18.7. The van der Waals surface area contributed by atoms with E-state index in [2.05, 4.69) is 10.2 Å². The van der Waals surface area contributed by atoms with Gasteiger partial charge in [-0.2, -0.15) is 25.3 Å². The molecule has 0 saturated carbocycles. The Kier molecular flexibility index (Phi) is 7.81. The van der Waals surface area contributed by atoms with Crippen LogP contribution in [0.5, 0.6) is 5.75 Å². The maximum absolute atomic E-state index is 11.8. The van der Waals surface area contributed by atoms with Crippen molar-refractivity contribution in [2.24, 2.45) is 10.2 Å². The zero-order chi connectivity index (χ0) is 26.1. The van der Waals surface area contributed by atoms with Crippen molar-refractivity contribution in [3.8, 4) is 5.75 Å². The lowest BCUT2D eigenvalue weighted by atomic mass is 10.0. The number of hydrogen-bond acceptors (Lipinski definition) is 9. The van der Waals surface area contributed by atoms with Crippen molar-refractivity contribution < 1.29 is 44.0 Å². The summed E-state index contributed by atoms with van der Waals surface area (Å²) in [5.74, 6) is -0.544. The summed E-state index contributed by atoms with van der Waals surface area (Å²) < 4.78 is 91.7. The summed E-state index contributed by atoms with van der Waals surface area (Å²) in [6.07, 6.45) is 0.715. The number of phenols is 1. The quantitative estimate of drug-likeness (QED) is 0.283. The molecule has 184 valence electrons. The van der Waals surface area contributed by atoms with Crippen LogP contribution < -0.4 is 0 Å². The largest absolute Gasteiger partial charge is 0.505 e. The highest BCUT2D eigenvalue weighted by Crippen LogP contribution is 2.42. The molecule has 0 spiro atoms. The first kappa shape index (κ1) is 27.3. The van der Waals surface area contributed by atoms with Gasteiger partial charge in [-0.15, -0.1) is 10.2 Å². The molecular formula is C19H20N2O10S3. The Labute approximate surface area is 195 Å². The highest BCUT2D eigenvalue weighted by molar-refractivity contribution is 7.86. The molecular weight excluding hydrogens is 512 g/mol. The van der Waals surface area contributed by atoms with E-state index in [1.807, 2.05) is 0 Å². The highest BCUT2D eigenvalue weighted by atomic mass is 32.2. The molecule has 3 aromatic rings. The van der Waals surface area contributed by atoms with E-state index in [1.165, 1.54) is 12.1 Å². The third-order valence-corrected chi connectivity index (χ3v) is 5.96. The van der Waals surface area contributed by atoms with Gasteiger partial charge in [0.05, 0.1) is 6.26 Å². The predicted octanol–water partition coefficient (Wildman–Crippen LogP) is 3.58. The van der Waals surface area contributed by atoms with Crippen LogP contribution in [0.1, 0.15) is 11.1 Å². The fourth-order valence-electron chi connectivity index (χ4n) is 2.89. The molecule has 15 heteroatoms. The van der Waals surface area contributed by atoms with E-state index in [4.69, 9.17) is 4.55 Å². The van der Waals surface area contributed by atoms with E-state index in [9.17, 15) is 39.5 Å². The topological polar surface area (TPSA) is 208 Å². The number of aryl methyl sites for hydroxylation is 2. The summed E-state index contributed by atoms with van der Waals surface area (Å²) in [7, 11) is -13.1. The third kappa shape index (κ3) is 7.02. The minimum atomic E-state index is -4.79. The number of aromatic hydroxyl groups is 1. The molecule has 0 radical (unpaired) electrons. The van der Waals surface area contributed by atoms with Crippen LogP contribution in [0, 0.1) is 13.8 Å². The SMILES string of the molecule is CS(=O)(=O)O.Cc1ccc(N=Nc2c(S(=O)(=O)O)cc3cccc(C)c3c2O)c(S(=O)(=O)O)c1. The Morgan fingerprint density at radius 2 is 1.32 bits per heavy atom. The van der Waals surface area contributed by atoms with E-state index < -0.39 is 51.6 Å². The normalized spacial score (nSPS) is 12.5. The van der Waals surface area contributed by atoms with Gasteiger partial charge < -0.3 is 5.11 Å². The Balaban J connectivity index is 0.000000739. The first-order valence-electron chi connectivity index (χ1n) is 9.04. The second-order valence-electron chi connectivity index (χ2n) is 7.10. The van der Waals surface area contributed by atoms with Crippen molar-refractivity contribution in [2.75, 3.05) is 6.26 Å². The molecule has 0 aliphatic rings. The van der Waals surface area contributed by atoms with Crippen LogP contribution in [-0.2, 0) is 30.4 Å². The maximum Gasteiger partial charge on any atom is 0.296 e. The van der Waals surface area contributed by atoms with Crippen molar-refractivity contribution in [3.63, 3.8) is 0 Å². The number of nitrogens with zero attached hydrogens (tertiary/aromatic N) is 2. The lowest BCUT2D eigenvalue weighted by Crippen LogP contribution is -2.00. The van der Waals surface area contributed by atoms with Gasteiger partial charge in [0.15, 0.2) is 5.75 Å². The van der Waals surface area contributed by atoms with Crippen molar-refractivity contribution >= 4 is 52.5 Å². The molecule has 3 aromatic carbocycles. The van der Waals surface area contributed by atoms with Crippen LogP contribution in [0.4, 0.5) is 11.4 Å². The minimum absolute atomic E-state index is 0.274. The number of rotatable bonds is 4. The molecule has 0 aromatic heterocycles. The van der Waals surface area contributed by atoms with Crippen molar-refractivity contribution in [1.29, 1.82) is 0 Å². The van der Waals surface area contributed by atoms with Crippen molar-refractivity contribution in [2.45, 2.75) is 23.6 Å². The van der Waals surface area contributed by atoms with Crippen LogP contribution in [0.3, 0.4) is 0 Å². The molecule has 0 fully saturated rings. The van der Waals surface area contributed by atoms with Gasteiger partial charge in [-0.3, -0.25) is 13.7 Å². The lowest BCUT2D eigenvalue weighted by molar-refractivity contribution is 0.471. The summed E-state index contributed by atoms with van der Waals surface area (Å²) in [4.78, 5) is -1.23. The van der Waals surface area contributed by atoms with Gasteiger partial charge in [0.25, 0.3) is 30.4 Å². The molecule has 0 bridgehead atoms.